The normalized spacial score (nSPS) is 21.4. The molecular formula is C16H23F2N5O2Si. The van der Waals surface area contributed by atoms with Gasteiger partial charge in [-0.25, -0.2) is 9.37 Å². The van der Waals surface area contributed by atoms with Crippen molar-refractivity contribution in [2.24, 2.45) is 0 Å². The molecule has 0 amide bonds. The molecular weight excluding hydrogens is 360 g/mol. The Morgan fingerprint density at radius 2 is 2.00 bits per heavy atom. The number of ether oxygens (including phenoxy) is 1. The van der Waals surface area contributed by atoms with Crippen molar-refractivity contribution in [2.75, 3.05) is 12.3 Å². The molecule has 0 saturated carbocycles. The highest BCUT2D eigenvalue weighted by Gasteiger charge is 2.39. The maximum absolute atomic E-state index is 14.5. The van der Waals surface area contributed by atoms with Crippen molar-refractivity contribution < 1.29 is 17.9 Å². The number of anilines is 1. The standard InChI is InChI=1S/C16H23F2N5O2Si/c1-16(2,3)26(4,5)24-7-9-6-10(17)14(25-9)23-8-20-11-12(19)21-15(18)22-13(11)23/h6,8-9,14H,7H2,1-5H3,(H2,19,21,22)/t9-,14-/m0/s1. The first-order valence-corrected chi connectivity index (χ1v) is 11.2. The van der Waals surface area contributed by atoms with Gasteiger partial charge in [-0.05, 0) is 24.2 Å². The van der Waals surface area contributed by atoms with E-state index >= 15 is 0 Å². The molecule has 0 aliphatic carbocycles. The summed E-state index contributed by atoms with van der Waals surface area (Å²) in [6, 6.07) is 0. The molecule has 0 spiro atoms. The molecule has 0 unspecified atom stereocenters. The zero-order valence-corrected chi connectivity index (χ0v) is 16.5. The fraction of sp³-hybridized carbons (Fsp3) is 0.562. The maximum Gasteiger partial charge on any atom is 0.312 e. The second-order valence-electron chi connectivity index (χ2n) is 7.85. The number of imidazole rings is 1. The molecule has 1 aliphatic heterocycles. The first-order valence-electron chi connectivity index (χ1n) is 8.32. The van der Waals surface area contributed by atoms with Crippen LogP contribution in [0.2, 0.25) is 18.1 Å². The Morgan fingerprint density at radius 1 is 1.31 bits per heavy atom. The van der Waals surface area contributed by atoms with E-state index in [1.165, 1.54) is 17.0 Å². The topological polar surface area (TPSA) is 88.1 Å². The zero-order chi connectivity index (χ0) is 19.3. The molecule has 2 atom stereocenters. The third-order valence-electron chi connectivity index (χ3n) is 4.97. The van der Waals surface area contributed by atoms with Crippen LogP contribution in [0.25, 0.3) is 11.2 Å². The number of nitrogen functional groups attached to an aromatic ring is 1. The van der Waals surface area contributed by atoms with Crippen LogP contribution in [-0.2, 0) is 9.16 Å². The SMILES string of the molecule is CC(C)(C)[Si](C)(C)OC[C@@H]1C=C(F)[C@@H](n2cnc3c(N)nc(F)nc32)O1. The largest absolute Gasteiger partial charge is 0.414 e. The van der Waals surface area contributed by atoms with Gasteiger partial charge in [-0.2, -0.15) is 14.4 Å². The van der Waals surface area contributed by atoms with E-state index in [-0.39, 0.29) is 28.6 Å². The van der Waals surface area contributed by atoms with Gasteiger partial charge in [0.2, 0.25) is 0 Å². The molecule has 2 aromatic rings. The van der Waals surface area contributed by atoms with Crippen molar-refractivity contribution in [2.45, 2.75) is 51.2 Å². The monoisotopic (exact) mass is 383 g/mol. The number of fused-ring (bicyclic) bond motifs is 1. The van der Waals surface area contributed by atoms with Crippen LogP contribution in [0.4, 0.5) is 14.6 Å². The molecule has 0 fully saturated rings. The van der Waals surface area contributed by atoms with Gasteiger partial charge in [0.15, 0.2) is 31.5 Å². The summed E-state index contributed by atoms with van der Waals surface area (Å²) in [5.74, 6) is -0.614. The van der Waals surface area contributed by atoms with E-state index in [2.05, 4.69) is 48.8 Å². The van der Waals surface area contributed by atoms with E-state index in [0.29, 0.717) is 0 Å². The van der Waals surface area contributed by atoms with E-state index < -0.39 is 32.6 Å². The number of hydrogen-bond donors (Lipinski definition) is 1. The van der Waals surface area contributed by atoms with E-state index in [1.807, 2.05) is 0 Å². The highest BCUT2D eigenvalue weighted by Crippen LogP contribution is 2.38. The lowest BCUT2D eigenvalue weighted by atomic mass is 10.2. The van der Waals surface area contributed by atoms with Crippen LogP contribution in [0.15, 0.2) is 18.2 Å². The minimum Gasteiger partial charge on any atom is -0.414 e. The molecule has 2 aromatic heterocycles. The van der Waals surface area contributed by atoms with E-state index in [4.69, 9.17) is 14.9 Å². The second-order valence-corrected chi connectivity index (χ2v) is 12.7. The van der Waals surface area contributed by atoms with Crippen molar-refractivity contribution in [3.63, 3.8) is 0 Å². The minimum atomic E-state index is -1.98. The number of nitrogens with zero attached hydrogens (tertiary/aromatic N) is 4. The third-order valence-corrected chi connectivity index (χ3v) is 9.47. The number of hydrogen-bond acceptors (Lipinski definition) is 6. The Labute approximate surface area is 151 Å². The lowest BCUT2D eigenvalue weighted by Gasteiger charge is -2.36. The Morgan fingerprint density at radius 3 is 2.65 bits per heavy atom. The molecule has 0 bridgehead atoms. The molecule has 142 valence electrons. The summed E-state index contributed by atoms with van der Waals surface area (Å²) in [6.07, 6.45) is 0.0451. The third kappa shape index (κ3) is 3.36. The molecule has 26 heavy (non-hydrogen) atoms. The number of nitrogens with two attached hydrogens (primary N) is 1. The van der Waals surface area contributed by atoms with Gasteiger partial charge in [0.05, 0.1) is 12.9 Å². The van der Waals surface area contributed by atoms with E-state index in [9.17, 15) is 8.78 Å². The summed E-state index contributed by atoms with van der Waals surface area (Å²) in [7, 11) is -1.98. The Kier molecular flexibility index (Phi) is 4.61. The Balaban J connectivity index is 1.78. The van der Waals surface area contributed by atoms with Crippen molar-refractivity contribution in [3.8, 4) is 0 Å². The molecule has 3 rings (SSSR count). The number of halogens is 2. The van der Waals surface area contributed by atoms with Gasteiger partial charge in [-0.1, -0.05) is 20.8 Å². The first-order chi connectivity index (χ1) is 12.0. The number of rotatable bonds is 4. The Bertz CT molecular complexity index is 862. The van der Waals surface area contributed by atoms with Gasteiger partial charge in [0.25, 0.3) is 0 Å². The molecule has 0 aromatic carbocycles. The van der Waals surface area contributed by atoms with Gasteiger partial charge in [-0.3, -0.25) is 4.57 Å². The molecule has 2 N–H and O–H groups in total. The summed E-state index contributed by atoms with van der Waals surface area (Å²) in [5, 5.41) is 0.0415. The van der Waals surface area contributed by atoms with Crippen LogP contribution < -0.4 is 5.73 Å². The second kappa shape index (κ2) is 6.36. The molecule has 0 radical (unpaired) electrons. The van der Waals surface area contributed by atoms with E-state index in [0.717, 1.165) is 0 Å². The van der Waals surface area contributed by atoms with Crippen LogP contribution in [0.3, 0.4) is 0 Å². The van der Waals surface area contributed by atoms with Gasteiger partial charge in [0.1, 0.15) is 11.9 Å². The average Bonchev–Trinajstić information content (AvgIpc) is 3.07. The van der Waals surface area contributed by atoms with Crippen LogP contribution in [0.1, 0.15) is 27.0 Å². The zero-order valence-electron chi connectivity index (χ0n) is 15.5. The molecule has 3 heterocycles. The summed E-state index contributed by atoms with van der Waals surface area (Å²) in [6.45, 7) is 10.9. The van der Waals surface area contributed by atoms with Gasteiger partial charge in [0, 0.05) is 0 Å². The first kappa shape index (κ1) is 18.9. The van der Waals surface area contributed by atoms with Crippen molar-refractivity contribution in [1.29, 1.82) is 0 Å². The minimum absolute atomic E-state index is 0.0415. The smallest absolute Gasteiger partial charge is 0.312 e. The molecule has 1 aliphatic rings. The van der Waals surface area contributed by atoms with E-state index in [1.54, 1.807) is 0 Å². The fourth-order valence-electron chi connectivity index (χ4n) is 2.40. The van der Waals surface area contributed by atoms with Crippen LogP contribution in [0.5, 0.6) is 0 Å². The van der Waals surface area contributed by atoms with Crippen LogP contribution in [-0.4, -0.2) is 40.5 Å². The highest BCUT2D eigenvalue weighted by atomic mass is 28.4. The van der Waals surface area contributed by atoms with Gasteiger partial charge in [-0.15, -0.1) is 0 Å². The highest BCUT2D eigenvalue weighted by molar-refractivity contribution is 6.74. The lowest BCUT2D eigenvalue weighted by molar-refractivity contribution is -0.0151. The van der Waals surface area contributed by atoms with Gasteiger partial charge < -0.3 is 14.9 Å². The molecule has 0 saturated heterocycles. The molecule has 10 heteroatoms. The predicted molar refractivity (Wildman–Crippen MR) is 95.9 cm³/mol. The Hall–Kier alpha value is -1.91. The lowest BCUT2D eigenvalue weighted by Crippen LogP contribution is -2.42. The average molecular weight is 383 g/mol. The summed E-state index contributed by atoms with van der Waals surface area (Å²) in [4.78, 5) is 11.1. The summed E-state index contributed by atoms with van der Waals surface area (Å²) < 4.78 is 41.1. The summed E-state index contributed by atoms with van der Waals surface area (Å²) >= 11 is 0. The van der Waals surface area contributed by atoms with Gasteiger partial charge >= 0.3 is 6.08 Å². The van der Waals surface area contributed by atoms with Crippen LogP contribution >= 0.6 is 0 Å². The van der Waals surface area contributed by atoms with Crippen molar-refractivity contribution in [3.05, 3.63) is 24.3 Å². The summed E-state index contributed by atoms with van der Waals surface area (Å²) in [5.41, 5.74) is 5.91. The number of aromatic nitrogens is 4. The maximum atomic E-state index is 14.5. The predicted octanol–water partition coefficient (Wildman–Crippen LogP) is 3.32. The van der Waals surface area contributed by atoms with Crippen molar-refractivity contribution in [1.82, 2.24) is 19.5 Å². The molecule has 7 nitrogen and oxygen atoms in total. The van der Waals surface area contributed by atoms with Crippen LogP contribution in [0, 0.1) is 6.08 Å². The fourth-order valence-corrected chi connectivity index (χ4v) is 3.42. The quantitative estimate of drug-likeness (QED) is 0.644. The van der Waals surface area contributed by atoms with Crippen molar-refractivity contribution >= 4 is 25.3 Å².